The van der Waals surface area contributed by atoms with Crippen molar-refractivity contribution in [3.63, 3.8) is 0 Å². The predicted octanol–water partition coefficient (Wildman–Crippen LogP) is 2.64. The van der Waals surface area contributed by atoms with E-state index < -0.39 is 6.09 Å². The third kappa shape index (κ3) is 4.17. The average molecular weight is 311 g/mol. The topological polar surface area (TPSA) is 71.5 Å². The Morgan fingerprint density at radius 2 is 2.24 bits per heavy atom. The van der Waals surface area contributed by atoms with Crippen LogP contribution in [0.25, 0.3) is 0 Å². The first-order valence-electron chi connectivity index (χ1n) is 7.19. The van der Waals surface area contributed by atoms with E-state index in [0.717, 1.165) is 17.0 Å². The van der Waals surface area contributed by atoms with Gasteiger partial charge in [0.15, 0.2) is 5.13 Å². The molecule has 0 atom stereocenters. The Morgan fingerprint density at radius 3 is 2.90 bits per heavy atom. The monoisotopic (exact) mass is 311 g/mol. The molecule has 2 amide bonds. The molecule has 1 aliphatic heterocycles. The number of carbonyl (C=O) groups is 2. The Morgan fingerprint density at radius 1 is 1.48 bits per heavy atom. The zero-order valence-corrected chi connectivity index (χ0v) is 13.5. The summed E-state index contributed by atoms with van der Waals surface area (Å²) in [4.78, 5) is 30.8. The Kier molecular flexibility index (Phi) is 5.17. The highest BCUT2D eigenvalue weighted by atomic mass is 32.1. The number of aromatic nitrogens is 1. The van der Waals surface area contributed by atoms with Gasteiger partial charge in [-0.3, -0.25) is 10.1 Å². The number of thiazole rings is 1. The van der Waals surface area contributed by atoms with Crippen LogP contribution in [-0.2, 0) is 22.5 Å². The highest BCUT2D eigenvalue weighted by Gasteiger charge is 2.24. The molecule has 7 heteroatoms. The van der Waals surface area contributed by atoms with Crippen LogP contribution in [0.15, 0.2) is 0 Å². The van der Waals surface area contributed by atoms with Gasteiger partial charge in [0.2, 0.25) is 5.91 Å². The van der Waals surface area contributed by atoms with Crippen LogP contribution in [-0.4, -0.2) is 35.0 Å². The fraction of sp³-hybridized carbons (Fsp3) is 0.643. The van der Waals surface area contributed by atoms with E-state index in [2.05, 4.69) is 10.3 Å². The van der Waals surface area contributed by atoms with Gasteiger partial charge in [-0.25, -0.2) is 9.78 Å². The van der Waals surface area contributed by atoms with Gasteiger partial charge in [-0.15, -0.1) is 0 Å². The van der Waals surface area contributed by atoms with Crippen molar-refractivity contribution in [2.24, 2.45) is 5.92 Å². The fourth-order valence-electron chi connectivity index (χ4n) is 2.19. The highest BCUT2D eigenvalue weighted by molar-refractivity contribution is 7.15. The third-order valence-electron chi connectivity index (χ3n) is 3.15. The lowest BCUT2D eigenvalue weighted by molar-refractivity contribution is -0.132. The van der Waals surface area contributed by atoms with Crippen molar-refractivity contribution in [2.75, 3.05) is 18.5 Å². The molecule has 0 aliphatic carbocycles. The van der Waals surface area contributed by atoms with Crippen LogP contribution in [0.1, 0.15) is 37.8 Å². The zero-order valence-electron chi connectivity index (χ0n) is 12.6. The molecule has 0 radical (unpaired) electrons. The number of rotatable bonds is 4. The molecule has 116 valence electrons. The number of carbonyl (C=O) groups excluding carboxylic acids is 2. The first-order chi connectivity index (χ1) is 9.99. The van der Waals surface area contributed by atoms with Crippen molar-refractivity contribution < 1.29 is 14.3 Å². The summed E-state index contributed by atoms with van der Waals surface area (Å²) in [5, 5.41) is 3.16. The van der Waals surface area contributed by atoms with E-state index in [-0.39, 0.29) is 5.91 Å². The molecule has 1 aromatic heterocycles. The molecule has 2 rings (SSSR count). The second kappa shape index (κ2) is 6.89. The van der Waals surface area contributed by atoms with Gasteiger partial charge in [0.25, 0.3) is 0 Å². The van der Waals surface area contributed by atoms with Crippen LogP contribution >= 0.6 is 11.3 Å². The summed E-state index contributed by atoms with van der Waals surface area (Å²) in [7, 11) is 0. The van der Waals surface area contributed by atoms with Crippen molar-refractivity contribution in [1.82, 2.24) is 9.88 Å². The maximum absolute atomic E-state index is 12.1. The minimum atomic E-state index is -0.490. The Bertz CT molecular complexity index is 528. The summed E-state index contributed by atoms with van der Waals surface area (Å²) in [6.45, 7) is 7.45. The number of hydrogen-bond donors (Lipinski definition) is 1. The van der Waals surface area contributed by atoms with E-state index in [9.17, 15) is 9.59 Å². The largest absolute Gasteiger partial charge is 0.450 e. The van der Waals surface area contributed by atoms with Crippen LogP contribution in [0.3, 0.4) is 0 Å². The number of nitrogens with one attached hydrogen (secondary N) is 1. The van der Waals surface area contributed by atoms with Crippen LogP contribution in [0, 0.1) is 5.92 Å². The normalized spacial score (nSPS) is 14.0. The Labute approximate surface area is 128 Å². The molecule has 6 nitrogen and oxygen atoms in total. The second-order valence-electron chi connectivity index (χ2n) is 5.40. The van der Waals surface area contributed by atoms with Crippen molar-refractivity contribution in [3.8, 4) is 0 Å². The van der Waals surface area contributed by atoms with Crippen LogP contribution in [0.4, 0.5) is 9.93 Å². The van der Waals surface area contributed by atoms with Gasteiger partial charge < -0.3 is 9.64 Å². The SMILES string of the molecule is CCOC(=O)Nc1nc2c(s1)CN(C(=O)CC(C)C)CC2. The molecule has 0 bridgehead atoms. The molecular formula is C14H21N3O3S. The Balaban J connectivity index is 1.99. The smallest absolute Gasteiger partial charge is 0.413 e. The van der Waals surface area contributed by atoms with Crippen molar-refractivity contribution in [1.29, 1.82) is 0 Å². The predicted molar refractivity (Wildman–Crippen MR) is 81.3 cm³/mol. The number of ether oxygens (including phenoxy) is 1. The molecule has 1 aromatic rings. The van der Waals surface area contributed by atoms with Crippen molar-refractivity contribution >= 4 is 28.5 Å². The molecular weight excluding hydrogens is 290 g/mol. The molecule has 0 unspecified atom stereocenters. The first kappa shape index (κ1) is 15.8. The lowest BCUT2D eigenvalue weighted by atomic mass is 10.1. The van der Waals surface area contributed by atoms with Gasteiger partial charge in [0, 0.05) is 24.3 Å². The molecule has 0 saturated carbocycles. The summed E-state index contributed by atoms with van der Waals surface area (Å²) >= 11 is 1.41. The van der Waals surface area contributed by atoms with Gasteiger partial charge in [0.05, 0.1) is 18.8 Å². The van der Waals surface area contributed by atoms with Gasteiger partial charge in [-0.05, 0) is 12.8 Å². The number of anilines is 1. The second-order valence-corrected chi connectivity index (χ2v) is 6.48. The Hall–Kier alpha value is -1.63. The maximum atomic E-state index is 12.1. The quantitative estimate of drug-likeness (QED) is 0.928. The lowest BCUT2D eigenvalue weighted by Crippen LogP contribution is -2.36. The molecule has 0 spiro atoms. The summed E-state index contributed by atoms with van der Waals surface area (Å²) in [6.07, 6.45) is 0.818. The molecule has 21 heavy (non-hydrogen) atoms. The highest BCUT2D eigenvalue weighted by Crippen LogP contribution is 2.28. The van der Waals surface area contributed by atoms with Crippen LogP contribution < -0.4 is 5.32 Å². The summed E-state index contributed by atoms with van der Waals surface area (Å²) in [5.41, 5.74) is 0.973. The number of nitrogens with zero attached hydrogens (tertiary/aromatic N) is 2. The minimum Gasteiger partial charge on any atom is -0.450 e. The van der Waals surface area contributed by atoms with Crippen LogP contribution in [0.5, 0.6) is 0 Å². The van der Waals surface area contributed by atoms with Gasteiger partial charge >= 0.3 is 6.09 Å². The zero-order chi connectivity index (χ0) is 15.4. The van der Waals surface area contributed by atoms with Crippen LogP contribution in [0.2, 0.25) is 0 Å². The van der Waals surface area contributed by atoms with E-state index in [0.29, 0.717) is 37.2 Å². The number of amides is 2. The van der Waals surface area contributed by atoms with Gasteiger partial charge in [0.1, 0.15) is 0 Å². The van der Waals surface area contributed by atoms with Crippen molar-refractivity contribution in [3.05, 3.63) is 10.6 Å². The molecule has 1 N–H and O–H groups in total. The summed E-state index contributed by atoms with van der Waals surface area (Å²) < 4.78 is 4.83. The van der Waals surface area contributed by atoms with E-state index in [4.69, 9.17) is 4.74 Å². The molecule has 2 heterocycles. The van der Waals surface area contributed by atoms with E-state index in [1.165, 1.54) is 11.3 Å². The molecule has 0 aromatic carbocycles. The maximum Gasteiger partial charge on any atom is 0.413 e. The number of fused-ring (bicyclic) bond motifs is 1. The molecule has 0 saturated heterocycles. The van der Waals surface area contributed by atoms with Gasteiger partial charge in [-0.2, -0.15) is 0 Å². The van der Waals surface area contributed by atoms with E-state index in [1.807, 2.05) is 18.7 Å². The third-order valence-corrected chi connectivity index (χ3v) is 4.15. The van der Waals surface area contributed by atoms with Gasteiger partial charge in [-0.1, -0.05) is 25.2 Å². The number of hydrogen-bond acceptors (Lipinski definition) is 5. The first-order valence-corrected chi connectivity index (χ1v) is 8.01. The van der Waals surface area contributed by atoms with E-state index >= 15 is 0 Å². The fourth-order valence-corrected chi connectivity index (χ4v) is 3.20. The standard InChI is InChI=1S/C14H21N3O3S/c1-4-20-14(19)16-13-15-10-5-6-17(8-11(10)21-13)12(18)7-9(2)3/h9H,4-8H2,1-3H3,(H,15,16,19). The summed E-state index contributed by atoms with van der Waals surface area (Å²) in [6, 6.07) is 0. The van der Waals surface area contributed by atoms with E-state index in [1.54, 1.807) is 6.92 Å². The lowest BCUT2D eigenvalue weighted by Gasteiger charge is -2.26. The minimum absolute atomic E-state index is 0.184. The average Bonchev–Trinajstić information content (AvgIpc) is 2.78. The molecule has 0 fully saturated rings. The van der Waals surface area contributed by atoms with Crippen molar-refractivity contribution in [2.45, 2.75) is 40.2 Å². The summed E-state index contributed by atoms with van der Waals surface area (Å²) in [5.74, 6) is 0.547. The molecule has 1 aliphatic rings.